The minimum absolute atomic E-state index is 0.0274. The topological polar surface area (TPSA) is 49.5 Å². The normalized spacial score (nSPS) is 15.8. The highest BCUT2D eigenvalue weighted by Crippen LogP contribution is 2.27. The molecule has 3 N–H and O–H groups in total. The molecule has 0 aromatic carbocycles. The molecule has 0 aliphatic heterocycles. The van der Waals surface area contributed by atoms with E-state index in [0.717, 1.165) is 4.90 Å². The zero-order valence-electron chi connectivity index (χ0n) is 9.30. The standard InChI is InChI=1S/C9H19F3N2O/c1-8(2,15)6-14(3)7(4-5-13)9(10,11)12/h7,15H,4-6,13H2,1-3H3. The summed E-state index contributed by atoms with van der Waals surface area (Å²) in [5, 5.41) is 9.43. The van der Waals surface area contributed by atoms with Crippen molar-refractivity contribution in [2.45, 2.75) is 38.1 Å². The van der Waals surface area contributed by atoms with Crippen molar-refractivity contribution in [3.8, 4) is 0 Å². The minimum atomic E-state index is -4.31. The quantitative estimate of drug-likeness (QED) is 0.737. The summed E-state index contributed by atoms with van der Waals surface area (Å²) in [4.78, 5) is 1.09. The van der Waals surface area contributed by atoms with Crippen LogP contribution in [0.15, 0.2) is 0 Å². The van der Waals surface area contributed by atoms with Crippen molar-refractivity contribution in [1.82, 2.24) is 4.90 Å². The molecule has 0 aromatic heterocycles. The Balaban J connectivity index is 4.50. The fraction of sp³-hybridized carbons (Fsp3) is 1.00. The second-order valence-corrected chi connectivity index (χ2v) is 4.36. The monoisotopic (exact) mass is 228 g/mol. The van der Waals surface area contributed by atoms with E-state index in [-0.39, 0.29) is 19.5 Å². The van der Waals surface area contributed by atoms with Crippen LogP contribution in [0, 0.1) is 0 Å². The molecular weight excluding hydrogens is 209 g/mol. The summed E-state index contributed by atoms with van der Waals surface area (Å²) in [5.41, 5.74) is 3.99. The molecule has 0 rings (SSSR count). The van der Waals surface area contributed by atoms with Crippen LogP contribution >= 0.6 is 0 Å². The molecule has 0 fully saturated rings. The van der Waals surface area contributed by atoms with Crippen LogP contribution in [0.1, 0.15) is 20.3 Å². The third kappa shape index (κ3) is 5.96. The van der Waals surface area contributed by atoms with Crippen LogP contribution < -0.4 is 5.73 Å². The number of rotatable bonds is 5. The highest BCUT2D eigenvalue weighted by atomic mass is 19.4. The Kier molecular flexibility index (Phi) is 5.02. The van der Waals surface area contributed by atoms with Gasteiger partial charge in [0.25, 0.3) is 0 Å². The van der Waals surface area contributed by atoms with Crippen LogP contribution in [0.25, 0.3) is 0 Å². The first-order valence-electron chi connectivity index (χ1n) is 4.77. The predicted octanol–water partition coefficient (Wildman–Crippen LogP) is 0.969. The number of nitrogens with zero attached hydrogens (tertiary/aromatic N) is 1. The number of alkyl halides is 3. The van der Waals surface area contributed by atoms with Crippen molar-refractivity contribution < 1.29 is 18.3 Å². The van der Waals surface area contributed by atoms with Crippen molar-refractivity contribution in [2.24, 2.45) is 5.73 Å². The molecule has 0 spiro atoms. The maximum absolute atomic E-state index is 12.6. The molecule has 0 bridgehead atoms. The van der Waals surface area contributed by atoms with Gasteiger partial charge in [-0.15, -0.1) is 0 Å². The first-order chi connectivity index (χ1) is 6.58. The van der Waals surface area contributed by atoms with Gasteiger partial charge in [-0.05, 0) is 33.9 Å². The third-order valence-corrected chi connectivity index (χ3v) is 1.99. The highest BCUT2D eigenvalue weighted by molar-refractivity contribution is 4.81. The Morgan fingerprint density at radius 2 is 1.80 bits per heavy atom. The first kappa shape index (κ1) is 14.7. The number of aliphatic hydroxyl groups is 1. The minimum Gasteiger partial charge on any atom is -0.389 e. The Morgan fingerprint density at radius 3 is 2.07 bits per heavy atom. The molecule has 3 nitrogen and oxygen atoms in total. The largest absolute Gasteiger partial charge is 0.404 e. The maximum Gasteiger partial charge on any atom is 0.404 e. The maximum atomic E-state index is 12.6. The molecule has 92 valence electrons. The van der Waals surface area contributed by atoms with Crippen LogP contribution in [0.3, 0.4) is 0 Å². The van der Waals surface area contributed by atoms with Crippen LogP contribution in [-0.4, -0.2) is 48.0 Å². The number of nitrogens with two attached hydrogens (primary N) is 1. The molecule has 0 saturated heterocycles. The molecule has 0 saturated carbocycles. The molecule has 0 aliphatic rings. The van der Waals surface area contributed by atoms with Gasteiger partial charge in [-0.25, -0.2) is 0 Å². The van der Waals surface area contributed by atoms with Gasteiger partial charge in [0, 0.05) is 6.54 Å². The zero-order valence-corrected chi connectivity index (χ0v) is 9.30. The molecule has 6 heteroatoms. The fourth-order valence-corrected chi connectivity index (χ4v) is 1.51. The molecule has 15 heavy (non-hydrogen) atoms. The van der Waals surface area contributed by atoms with Gasteiger partial charge in [0.05, 0.1) is 5.60 Å². The SMILES string of the molecule is CN(CC(C)(C)O)C(CCN)C(F)(F)F. The Hall–Kier alpha value is -0.330. The Morgan fingerprint density at radius 1 is 1.33 bits per heavy atom. The van der Waals surface area contributed by atoms with E-state index in [4.69, 9.17) is 5.73 Å². The fourth-order valence-electron chi connectivity index (χ4n) is 1.51. The summed E-state index contributed by atoms with van der Waals surface area (Å²) in [7, 11) is 1.34. The van der Waals surface area contributed by atoms with E-state index >= 15 is 0 Å². The Labute approximate surface area is 88.0 Å². The Bertz CT molecular complexity index is 189. The molecule has 0 aliphatic carbocycles. The summed E-state index contributed by atoms with van der Waals surface area (Å²) in [6, 6.07) is -1.59. The predicted molar refractivity (Wildman–Crippen MR) is 52.4 cm³/mol. The summed E-state index contributed by atoms with van der Waals surface area (Å²) >= 11 is 0. The van der Waals surface area contributed by atoms with Gasteiger partial charge in [-0.1, -0.05) is 0 Å². The van der Waals surface area contributed by atoms with E-state index in [9.17, 15) is 18.3 Å². The van der Waals surface area contributed by atoms with Crippen molar-refractivity contribution in [3.63, 3.8) is 0 Å². The van der Waals surface area contributed by atoms with Gasteiger partial charge in [0.2, 0.25) is 0 Å². The van der Waals surface area contributed by atoms with E-state index in [2.05, 4.69) is 0 Å². The zero-order chi connectivity index (χ0) is 12.3. The van der Waals surface area contributed by atoms with E-state index in [1.807, 2.05) is 0 Å². The summed E-state index contributed by atoms with van der Waals surface area (Å²) < 4.78 is 37.7. The average Bonchev–Trinajstić information content (AvgIpc) is 1.93. The summed E-state index contributed by atoms with van der Waals surface area (Å²) in [5.74, 6) is 0. The number of hydrogen-bond donors (Lipinski definition) is 2. The summed E-state index contributed by atoms with van der Waals surface area (Å²) in [6.45, 7) is 2.87. The van der Waals surface area contributed by atoms with E-state index in [1.54, 1.807) is 0 Å². The van der Waals surface area contributed by atoms with E-state index in [1.165, 1.54) is 20.9 Å². The smallest absolute Gasteiger partial charge is 0.389 e. The lowest BCUT2D eigenvalue weighted by Crippen LogP contribution is -2.49. The van der Waals surface area contributed by atoms with Gasteiger partial charge < -0.3 is 10.8 Å². The van der Waals surface area contributed by atoms with Crippen molar-refractivity contribution in [1.29, 1.82) is 0 Å². The molecule has 1 unspecified atom stereocenters. The second-order valence-electron chi connectivity index (χ2n) is 4.36. The lowest BCUT2D eigenvalue weighted by atomic mass is 10.1. The highest BCUT2D eigenvalue weighted by Gasteiger charge is 2.42. The average molecular weight is 228 g/mol. The van der Waals surface area contributed by atoms with Gasteiger partial charge in [0.15, 0.2) is 0 Å². The molecule has 0 heterocycles. The van der Waals surface area contributed by atoms with Crippen LogP contribution in [0.5, 0.6) is 0 Å². The first-order valence-corrected chi connectivity index (χ1v) is 4.77. The number of hydrogen-bond acceptors (Lipinski definition) is 3. The lowest BCUT2D eigenvalue weighted by molar-refractivity contribution is -0.186. The molecule has 1 atom stereocenters. The van der Waals surface area contributed by atoms with Gasteiger partial charge >= 0.3 is 6.18 Å². The lowest BCUT2D eigenvalue weighted by Gasteiger charge is -2.33. The second kappa shape index (κ2) is 5.14. The molecule has 0 radical (unpaired) electrons. The van der Waals surface area contributed by atoms with E-state index in [0.29, 0.717) is 0 Å². The third-order valence-electron chi connectivity index (χ3n) is 1.99. The van der Waals surface area contributed by atoms with Crippen molar-refractivity contribution in [3.05, 3.63) is 0 Å². The molecular formula is C9H19F3N2O. The molecule has 0 aromatic rings. The number of halogens is 3. The number of likely N-dealkylation sites (N-methyl/N-ethyl adjacent to an activating group) is 1. The van der Waals surface area contributed by atoms with Gasteiger partial charge in [-0.3, -0.25) is 4.90 Å². The van der Waals surface area contributed by atoms with E-state index < -0.39 is 17.8 Å². The van der Waals surface area contributed by atoms with Crippen molar-refractivity contribution in [2.75, 3.05) is 20.1 Å². The molecule has 0 amide bonds. The van der Waals surface area contributed by atoms with Crippen LogP contribution in [-0.2, 0) is 0 Å². The van der Waals surface area contributed by atoms with Gasteiger partial charge in [0.1, 0.15) is 6.04 Å². The van der Waals surface area contributed by atoms with Gasteiger partial charge in [-0.2, -0.15) is 13.2 Å². The van der Waals surface area contributed by atoms with Crippen molar-refractivity contribution >= 4 is 0 Å². The van der Waals surface area contributed by atoms with Crippen LogP contribution in [0.2, 0.25) is 0 Å². The summed E-state index contributed by atoms with van der Waals surface area (Å²) in [6.07, 6.45) is -4.46. The van der Waals surface area contributed by atoms with Crippen LogP contribution in [0.4, 0.5) is 13.2 Å².